The molecule has 7 N–H and O–H groups in total. The fourth-order valence-corrected chi connectivity index (χ4v) is 8.32. The van der Waals surface area contributed by atoms with Crippen LogP contribution in [0, 0.1) is 11.8 Å². The largest absolute Gasteiger partial charge is 0.519 e. The van der Waals surface area contributed by atoms with Crippen molar-refractivity contribution >= 4 is 41.2 Å². The molecular weight excluding hydrogens is 758 g/mol. The molecule has 0 bridgehead atoms. The number of ketones is 2. The maximum atomic E-state index is 14.5. The van der Waals surface area contributed by atoms with Gasteiger partial charge in [-0.05, 0) is 50.9 Å². The predicted molar refractivity (Wildman–Crippen MR) is 206 cm³/mol. The molecule has 2 aromatic carbocycles. The highest BCUT2D eigenvalue weighted by atomic mass is 16.6. The summed E-state index contributed by atoms with van der Waals surface area (Å²) in [7, 11) is 6.56. The normalized spacial score (nSPS) is 21.9. The maximum absolute atomic E-state index is 14.5. The van der Waals surface area contributed by atoms with E-state index in [2.05, 4.69) is 5.32 Å². The Hall–Kier alpha value is -6.40. The number of aliphatic hydroxyl groups is 3. The number of allylic oxidation sites excluding steroid dienone is 1. The first kappa shape index (κ1) is 41.2. The summed E-state index contributed by atoms with van der Waals surface area (Å²) in [6.07, 6.45) is -0.0808. The molecule has 0 spiro atoms. The van der Waals surface area contributed by atoms with Gasteiger partial charge in [-0.2, -0.15) is 0 Å². The average Bonchev–Trinajstić information content (AvgIpc) is 3.55. The summed E-state index contributed by atoms with van der Waals surface area (Å²) in [6, 6.07) is 8.40. The summed E-state index contributed by atoms with van der Waals surface area (Å²) < 4.78 is 15.7. The van der Waals surface area contributed by atoms with Gasteiger partial charge in [0, 0.05) is 49.4 Å². The number of aromatic hydroxyl groups is 1. The lowest BCUT2D eigenvalue weighted by Gasteiger charge is -2.50. The maximum Gasteiger partial charge on any atom is 0.519 e. The molecule has 3 aromatic rings. The number of nitrogens with zero attached hydrogens (tertiary/aromatic N) is 3. The van der Waals surface area contributed by atoms with E-state index < -0.39 is 88.4 Å². The minimum absolute atomic E-state index is 0.0436. The van der Waals surface area contributed by atoms with Gasteiger partial charge < -0.3 is 54.7 Å². The number of carbonyl (C=O) groups is 5. The first-order valence-electron chi connectivity index (χ1n) is 18.5. The molecule has 3 aliphatic carbocycles. The van der Waals surface area contributed by atoms with Gasteiger partial charge in [0.1, 0.15) is 29.1 Å². The molecule has 0 saturated heterocycles. The van der Waals surface area contributed by atoms with E-state index in [1.165, 1.54) is 4.90 Å². The number of nitrogens with two attached hydrogens (primary N) is 1. The number of rotatable bonds is 13. The molecule has 0 fully saturated rings. The van der Waals surface area contributed by atoms with Crippen LogP contribution in [-0.2, 0) is 32.1 Å². The molecule has 1 aromatic heterocycles. The number of primary amides is 1. The van der Waals surface area contributed by atoms with Crippen molar-refractivity contribution < 1.29 is 58.0 Å². The second-order valence-corrected chi connectivity index (χ2v) is 15.0. The number of aliphatic hydroxyl groups excluding tert-OH is 2. The third-order valence-electron chi connectivity index (χ3n) is 11.0. The summed E-state index contributed by atoms with van der Waals surface area (Å²) in [5.74, 6) is -8.59. The molecular formula is C40H45N5O13. The third-order valence-corrected chi connectivity index (χ3v) is 11.0. The topological polar surface area (TPSA) is 267 Å². The lowest BCUT2D eigenvalue weighted by Crippen LogP contribution is -2.63. The van der Waals surface area contributed by atoms with Crippen LogP contribution in [0.2, 0.25) is 0 Å². The van der Waals surface area contributed by atoms with Crippen LogP contribution in [-0.4, -0.2) is 119 Å². The highest BCUT2D eigenvalue weighted by Gasteiger charge is 2.63. The molecule has 0 aliphatic heterocycles. The van der Waals surface area contributed by atoms with E-state index in [0.29, 0.717) is 29.5 Å². The minimum Gasteiger partial charge on any atom is -0.510 e. The van der Waals surface area contributed by atoms with E-state index in [4.69, 9.17) is 19.3 Å². The van der Waals surface area contributed by atoms with E-state index in [1.807, 2.05) is 0 Å². The van der Waals surface area contributed by atoms with Crippen molar-refractivity contribution in [3.8, 4) is 17.1 Å². The predicted octanol–water partition coefficient (Wildman–Crippen LogP) is 2.43. The Morgan fingerprint density at radius 2 is 1.78 bits per heavy atom. The highest BCUT2D eigenvalue weighted by molar-refractivity contribution is 6.25. The SMILES string of the molecule is CCC(CN(CC=O)C(=O)OCc1oc(=O)oc1-c1ccccc1)Nc1cc(N(C)C)c2c(c1O)C(=O)C1=C(O)[C@]3(O)C(=O)C(C(N)=O)=C(O)[C@@H](N(C)C)C3CC1C2. The Kier molecular flexibility index (Phi) is 11.3. The molecule has 3 aliphatic rings. The van der Waals surface area contributed by atoms with Crippen molar-refractivity contribution in [3.63, 3.8) is 0 Å². The van der Waals surface area contributed by atoms with Crippen LogP contribution in [0.5, 0.6) is 5.75 Å². The molecule has 5 atom stereocenters. The number of likely N-dealkylation sites (N-methyl/N-ethyl adjacent to an activating group) is 1. The number of fused-ring (bicyclic) bond motifs is 3. The van der Waals surface area contributed by atoms with Gasteiger partial charge >= 0.3 is 11.9 Å². The lowest BCUT2D eigenvalue weighted by molar-refractivity contribution is -0.148. The Bertz CT molecular complexity index is 2290. The number of aldehydes is 1. The van der Waals surface area contributed by atoms with Crippen molar-refractivity contribution in [1.29, 1.82) is 0 Å². The molecule has 18 nitrogen and oxygen atoms in total. The van der Waals surface area contributed by atoms with Crippen LogP contribution in [0.4, 0.5) is 16.2 Å². The second kappa shape index (κ2) is 15.9. The number of hydrogen-bond donors (Lipinski definition) is 6. The molecule has 6 rings (SSSR count). The Labute approximate surface area is 331 Å². The number of hydrogen-bond acceptors (Lipinski definition) is 16. The number of phenolic OH excluding ortho intramolecular Hbond substituents is 1. The van der Waals surface area contributed by atoms with Crippen LogP contribution < -0.4 is 21.8 Å². The zero-order valence-electron chi connectivity index (χ0n) is 32.5. The molecule has 0 radical (unpaired) electrons. The molecule has 18 heteroatoms. The average molecular weight is 804 g/mol. The first-order valence-corrected chi connectivity index (χ1v) is 18.5. The number of nitrogens with one attached hydrogen (secondary N) is 1. The lowest BCUT2D eigenvalue weighted by atomic mass is 9.58. The van der Waals surface area contributed by atoms with Gasteiger partial charge in [-0.1, -0.05) is 37.3 Å². The Morgan fingerprint density at radius 1 is 1.09 bits per heavy atom. The molecule has 3 unspecified atom stereocenters. The fraction of sp³-hybridized carbons (Fsp3) is 0.400. The van der Waals surface area contributed by atoms with Crippen LogP contribution in [0.25, 0.3) is 11.3 Å². The summed E-state index contributed by atoms with van der Waals surface area (Å²) >= 11 is 0. The number of phenols is 1. The van der Waals surface area contributed by atoms with Crippen molar-refractivity contribution in [2.45, 2.75) is 50.5 Å². The van der Waals surface area contributed by atoms with Crippen LogP contribution in [0.3, 0.4) is 0 Å². The van der Waals surface area contributed by atoms with Crippen LogP contribution in [0.15, 0.2) is 72.7 Å². The molecule has 58 heavy (non-hydrogen) atoms. The van der Waals surface area contributed by atoms with Gasteiger partial charge in [-0.15, -0.1) is 0 Å². The van der Waals surface area contributed by atoms with Crippen LogP contribution >= 0.6 is 0 Å². The Morgan fingerprint density at radius 3 is 2.38 bits per heavy atom. The van der Waals surface area contributed by atoms with E-state index in [1.54, 1.807) is 76.4 Å². The summed E-state index contributed by atoms with van der Waals surface area (Å²) in [4.78, 5) is 81.8. The van der Waals surface area contributed by atoms with Gasteiger partial charge in [0.05, 0.1) is 23.8 Å². The number of benzene rings is 2. The smallest absolute Gasteiger partial charge is 0.510 e. The quantitative estimate of drug-likeness (QED) is 0.0823. The zero-order valence-corrected chi connectivity index (χ0v) is 32.5. The first-order chi connectivity index (χ1) is 27.5. The highest BCUT2D eigenvalue weighted by Crippen LogP contribution is 2.54. The third kappa shape index (κ3) is 6.97. The number of ether oxygens (including phenoxy) is 1. The standard InChI is InChI=1S/C40H45N5O13/c1-6-21(17-45(12-13-46)38(53)56-18-26-34(58-39(54)57-26)19-10-8-7-9-11-19)42-24-16-25(43(2)3)22-14-20-15-23-30(44(4)5)33(49)29(37(41)52)36(51)40(23,55)35(50)27(20)32(48)28(22)31(24)47/h7-11,13,16,20-21,23,30,42,47,49-50,55H,6,12,14-15,17-18H2,1-5H3,(H2,41,52)/t20?,21?,23?,30-,40-/m0/s1. The molecule has 2 amide bonds. The molecule has 1 heterocycles. The van der Waals surface area contributed by atoms with Gasteiger partial charge in [-0.25, -0.2) is 9.59 Å². The molecule has 308 valence electrons. The summed E-state index contributed by atoms with van der Waals surface area (Å²) in [6.45, 7) is 0.780. The van der Waals surface area contributed by atoms with Crippen molar-refractivity contribution in [3.05, 3.63) is 86.6 Å². The van der Waals surface area contributed by atoms with Crippen LogP contribution in [0.1, 0.15) is 41.4 Å². The van der Waals surface area contributed by atoms with E-state index >= 15 is 0 Å². The number of carbonyl (C=O) groups excluding carboxylic acids is 5. The molecule has 0 saturated carbocycles. The van der Waals surface area contributed by atoms with Crippen molar-refractivity contribution in [1.82, 2.24) is 9.80 Å². The van der Waals surface area contributed by atoms with Crippen molar-refractivity contribution in [2.24, 2.45) is 17.6 Å². The van der Waals surface area contributed by atoms with E-state index in [0.717, 1.165) is 4.90 Å². The second-order valence-electron chi connectivity index (χ2n) is 15.0. The van der Waals surface area contributed by atoms with Gasteiger partial charge in [0.15, 0.2) is 29.5 Å². The number of anilines is 2. The van der Waals surface area contributed by atoms with Crippen molar-refractivity contribution in [2.75, 3.05) is 51.5 Å². The fourth-order valence-electron chi connectivity index (χ4n) is 8.32. The number of Topliss-reactive ketones (excluding diaryl/α,β-unsaturated/α-hetero) is 2. The summed E-state index contributed by atoms with van der Waals surface area (Å²) in [5.41, 5.74) is 2.74. The monoisotopic (exact) mass is 803 g/mol. The van der Waals surface area contributed by atoms with E-state index in [-0.39, 0.29) is 54.3 Å². The summed E-state index contributed by atoms with van der Waals surface area (Å²) in [5, 5.41) is 49.7. The minimum atomic E-state index is -2.80. The Balaban J connectivity index is 1.30. The number of amides is 2. The van der Waals surface area contributed by atoms with E-state index in [9.17, 15) is 49.2 Å². The zero-order chi connectivity index (χ0) is 42.4. The van der Waals surface area contributed by atoms with Gasteiger partial charge in [-0.3, -0.25) is 24.2 Å². The van der Waals surface area contributed by atoms with Gasteiger partial charge in [0.2, 0.25) is 5.78 Å². The van der Waals surface area contributed by atoms with Gasteiger partial charge in [0.25, 0.3) is 5.91 Å².